The molecular weight excluding hydrogens is 334 g/mol. The van der Waals surface area contributed by atoms with Gasteiger partial charge in [0, 0.05) is 12.6 Å². The number of nitro benzene ring substituents is 1. The van der Waals surface area contributed by atoms with Gasteiger partial charge in [0.05, 0.1) is 15.9 Å². The minimum absolute atomic E-state index is 0.0221. The lowest BCUT2D eigenvalue weighted by atomic mass is 9.71. The fraction of sp³-hybridized carbons (Fsp3) is 0.600. The number of aliphatic hydroxyl groups is 1. The van der Waals surface area contributed by atoms with Crippen LogP contribution in [0.5, 0.6) is 0 Å². The topological polar surface area (TPSA) is 136 Å². The van der Waals surface area contributed by atoms with Crippen molar-refractivity contribution >= 4 is 21.4 Å². The number of nitrogens with one attached hydrogen (secondary N) is 1. The predicted octanol–water partition coefficient (Wildman–Crippen LogP) is 1.99. The molecule has 24 heavy (non-hydrogen) atoms. The lowest BCUT2D eigenvalue weighted by Gasteiger charge is -2.38. The van der Waals surface area contributed by atoms with E-state index in [-0.39, 0.29) is 27.8 Å². The Morgan fingerprint density at radius 2 is 2.04 bits per heavy atom. The van der Waals surface area contributed by atoms with Crippen molar-refractivity contribution in [3.63, 3.8) is 0 Å². The fourth-order valence-electron chi connectivity index (χ4n) is 3.14. The molecule has 0 spiro atoms. The quantitative estimate of drug-likeness (QED) is 0.526. The Hall–Kier alpha value is -1.71. The molecule has 1 aliphatic rings. The molecule has 0 bridgehead atoms. The van der Waals surface area contributed by atoms with Gasteiger partial charge in [0.1, 0.15) is 5.69 Å². The molecule has 0 amide bonds. The predicted molar refractivity (Wildman–Crippen MR) is 90.2 cm³/mol. The molecule has 0 atom stereocenters. The van der Waals surface area contributed by atoms with Crippen LogP contribution in [0.1, 0.15) is 39.0 Å². The Morgan fingerprint density at radius 3 is 2.54 bits per heavy atom. The summed E-state index contributed by atoms with van der Waals surface area (Å²) in [6.45, 7) is 2.60. The Bertz CT molecular complexity index is 712. The molecule has 1 saturated carbocycles. The van der Waals surface area contributed by atoms with Crippen molar-refractivity contribution in [2.75, 3.05) is 11.9 Å². The highest BCUT2D eigenvalue weighted by Crippen LogP contribution is 2.40. The van der Waals surface area contributed by atoms with Crippen molar-refractivity contribution in [2.45, 2.75) is 50.0 Å². The average molecular weight is 357 g/mol. The summed E-state index contributed by atoms with van der Waals surface area (Å²) in [5.74, 6) is 0. The van der Waals surface area contributed by atoms with Crippen molar-refractivity contribution in [3.05, 3.63) is 28.3 Å². The van der Waals surface area contributed by atoms with E-state index in [4.69, 9.17) is 5.14 Å². The highest BCUT2D eigenvalue weighted by molar-refractivity contribution is 7.89. The molecule has 1 aromatic carbocycles. The van der Waals surface area contributed by atoms with Crippen LogP contribution in [0.15, 0.2) is 23.1 Å². The van der Waals surface area contributed by atoms with E-state index in [1.54, 1.807) is 0 Å². The third-order valence-corrected chi connectivity index (χ3v) is 5.83. The number of aliphatic hydroxyl groups excluding tert-OH is 1. The van der Waals surface area contributed by atoms with Gasteiger partial charge in [-0.15, -0.1) is 0 Å². The maximum absolute atomic E-state index is 11.4. The number of nitro groups is 1. The van der Waals surface area contributed by atoms with E-state index in [9.17, 15) is 23.6 Å². The summed E-state index contributed by atoms with van der Waals surface area (Å²) >= 11 is 0. The van der Waals surface area contributed by atoms with Gasteiger partial charge >= 0.3 is 0 Å². The van der Waals surface area contributed by atoms with E-state index < -0.39 is 14.9 Å². The van der Waals surface area contributed by atoms with Crippen LogP contribution < -0.4 is 10.5 Å². The Balaban J connectivity index is 2.21. The molecule has 4 N–H and O–H groups in total. The SMILES string of the molecule is CCC1(CNc2ccc(S(N)(=O)=O)cc2[N+](=O)[O-])CCC(O)CC1. The summed E-state index contributed by atoms with van der Waals surface area (Å²) in [6.07, 6.45) is 3.77. The van der Waals surface area contributed by atoms with Crippen molar-refractivity contribution < 1.29 is 18.4 Å². The van der Waals surface area contributed by atoms with Gasteiger partial charge in [-0.05, 0) is 49.7 Å². The van der Waals surface area contributed by atoms with Crippen LogP contribution in [-0.2, 0) is 10.0 Å². The van der Waals surface area contributed by atoms with Crippen LogP contribution in [0.2, 0.25) is 0 Å². The summed E-state index contributed by atoms with van der Waals surface area (Å²) in [5.41, 5.74) is -0.0684. The number of rotatable bonds is 6. The number of primary sulfonamides is 1. The van der Waals surface area contributed by atoms with Crippen LogP contribution >= 0.6 is 0 Å². The van der Waals surface area contributed by atoms with Crippen molar-refractivity contribution in [3.8, 4) is 0 Å². The van der Waals surface area contributed by atoms with E-state index in [1.165, 1.54) is 12.1 Å². The number of anilines is 1. The van der Waals surface area contributed by atoms with Gasteiger partial charge in [-0.3, -0.25) is 10.1 Å². The summed E-state index contributed by atoms with van der Waals surface area (Å²) in [7, 11) is -3.99. The molecule has 8 nitrogen and oxygen atoms in total. The van der Waals surface area contributed by atoms with Gasteiger partial charge in [0.15, 0.2) is 0 Å². The highest BCUT2D eigenvalue weighted by atomic mass is 32.2. The summed E-state index contributed by atoms with van der Waals surface area (Å²) < 4.78 is 22.7. The van der Waals surface area contributed by atoms with E-state index >= 15 is 0 Å². The molecule has 0 heterocycles. The third kappa shape index (κ3) is 4.22. The first-order valence-corrected chi connectivity index (χ1v) is 9.45. The van der Waals surface area contributed by atoms with Crippen molar-refractivity contribution in [1.82, 2.24) is 0 Å². The summed E-state index contributed by atoms with van der Waals surface area (Å²) in [6, 6.07) is 3.60. The minimum atomic E-state index is -3.99. The molecule has 1 aromatic rings. The number of nitrogens with two attached hydrogens (primary N) is 1. The number of hydrogen-bond donors (Lipinski definition) is 3. The zero-order chi connectivity index (χ0) is 18.0. The van der Waals surface area contributed by atoms with Crippen LogP contribution in [0, 0.1) is 15.5 Å². The standard InChI is InChI=1S/C15H23N3O5S/c1-2-15(7-5-11(19)6-8-15)10-17-13-4-3-12(24(16,22)23)9-14(13)18(20)21/h3-4,9,11,17,19H,2,5-8,10H2,1H3,(H2,16,22,23). The highest BCUT2D eigenvalue weighted by Gasteiger charge is 2.33. The molecule has 1 aliphatic carbocycles. The Kier molecular flexibility index (Phi) is 5.46. The first-order chi connectivity index (χ1) is 11.2. The van der Waals surface area contributed by atoms with Gasteiger partial charge in [0.2, 0.25) is 10.0 Å². The maximum atomic E-state index is 11.4. The molecule has 0 radical (unpaired) electrons. The largest absolute Gasteiger partial charge is 0.393 e. The van der Waals surface area contributed by atoms with E-state index in [2.05, 4.69) is 12.2 Å². The van der Waals surface area contributed by atoms with Crippen molar-refractivity contribution in [1.29, 1.82) is 0 Å². The normalized spacial score (nSPS) is 24.5. The lowest BCUT2D eigenvalue weighted by Crippen LogP contribution is -2.35. The molecule has 0 saturated heterocycles. The smallest absolute Gasteiger partial charge is 0.293 e. The second kappa shape index (κ2) is 7.04. The van der Waals surface area contributed by atoms with Crippen LogP contribution in [0.3, 0.4) is 0 Å². The van der Waals surface area contributed by atoms with Gasteiger partial charge in [-0.1, -0.05) is 6.92 Å². The maximum Gasteiger partial charge on any atom is 0.293 e. The fourth-order valence-corrected chi connectivity index (χ4v) is 3.68. The van der Waals surface area contributed by atoms with Gasteiger partial charge in [-0.2, -0.15) is 0 Å². The van der Waals surface area contributed by atoms with E-state index in [1.807, 2.05) is 0 Å². The molecule has 1 fully saturated rings. The van der Waals surface area contributed by atoms with Gasteiger partial charge < -0.3 is 10.4 Å². The van der Waals surface area contributed by atoms with Gasteiger partial charge in [-0.25, -0.2) is 13.6 Å². The minimum Gasteiger partial charge on any atom is -0.393 e. The molecule has 2 rings (SSSR count). The molecule has 0 aliphatic heterocycles. The molecular formula is C15H23N3O5S. The zero-order valence-corrected chi connectivity index (χ0v) is 14.4. The van der Waals surface area contributed by atoms with Crippen LogP contribution in [-0.4, -0.2) is 31.1 Å². The number of nitrogens with zero attached hydrogens (tertiary/aromatic N) is 1. The molecule has 9 heteroatoms. The van der Waals surface area contributed by atoms with Crippen LogP contribution in [0.4, 0.5) is 11.4 Å². The lowest BCUT2D eigenvalue weighted by molar-refractivity contribution is -0.384. The second-order valence-corrected chi connectivity index (χ2v) is 7.98. The van der Waals surface area contributed by atoms with E-state index in [0.29, 0.717) is 6.54 Å². The summed E-state index contributed by atoms with van der Waals surface area (Å²) in [4.78, 5) is 10.3. The second-order valence-electron chi connectivity index (χ2n) is 6.42. The zero-order valence-electron chi connectivity index (χ0n) is 13.6. The number of benzene rings is 1. The number of sulfonamides is 1. The Morgan fingerprint density at radius 1 is 1.42 bits per heavy atom. The molecule has 0 unspecified atom stereocenters. The first kappa shape index (κ1) is 18.6. The van der Waals surface area contributed by atoms with Crippen molar-refractivity contribution in [2.24, 2.45) is 10.6 Å². The monoisotopic (exact) mass is 357 g/mol. The van der Waals surface area contributed by atoms with Crippen LogP contribution in [0.25, 0.3) is 0 Å². The average Bonchev–Trinajstić information content (AvgIpc) is 2.53. The Labute approximate surface area is 141 Å². The molecule has 0 aromatic heterocycles. The van der Waals surface area contributed by atoms with E-state index in [0.717, 1.165) is 38.2 Å². The number of hydrogen-bond acceptors (Lipinski definition) is 6. The molecule has 134 valence electrons. The summed E-state index contributed by atoms with van der Waals surface area (Å²) in [5, 5.41) is 29.0. The first-order valence-electron chi connectivity index (χ1n) is 7.90. The van der Waals surface area contributed by atoms with Gasteiger partial charge in [0.25, 0.3) is 5.69 Å². The third-order valence-electron chi connectivity index (χ3n) is 4.91.